The van der Waals surface area contributed by atoms with Crippen LogP contribution in [0.15, 0.2) is 36.1 Å². The molecule has 1 unspecified atom stereocenters. The third-order valence-corrected chi connectivity index (χ3v) is 4.86. The maximum atomic E-state index is 14.0. The highest BCUT2D eigenvalue weighted by Crippen LogP contribution is 2.50. The summed E-state index contributed by atoms with van der Waals surface area (Å²) in [5.41, 5.74) is -6.53. The Morgan fingerprint density at radius 3 is 1.71 bits per heavy atom. The van der Waals surface area contributed by atoms with E-state index in [4.69, 9.17) is 4.74 Å². The van der Waals surface area contributed by atoms with E-state index < -0.39 is 98.6 Å². The normalized spacial score (nSPS) is 13.8. The summed E-state index contributed by atoms with van der Waals surface area (Å²) in [6.45, 7) is 3.79. The van der Waals surface area contributed by atoms with Gasteiger partial charge in [-0.25, -0.2) is 14.4 Å². The summed E-state index contributed by atoms with van der Waals surface area (Å²) >= 11 is 0. The Morgan fingerprint density at radius 1 is 0.805 bits per heavy atom. The standard InChI is InChI=1S/C22H24F11NO7/c1-5-13(35)39-9-18(6-2,11-41-17(37)34-7-8-38-16(36)12(3)4)10-40-15(19(23,24)22(31,32)33)14(20(25,26)27)21(28,29)30/h5H,1,3,6-11H2,2,4H3,(H,34,37). The van der Waals surface area contributed by atoms with Crippen molar-refractivity contribution in [3.05, 3.63) is 36.1 Å². The summed E-state index contributed by atoms with van der Waals surface area (Å²) in [6, 6.07) is 0. The minimum atomic E-state index is -6.97. The van der Waals surface area contributed by atoms with Gasteiger partial charge < -0.3 is 24.3 Å². The molecule has 1 amide bonds. The highest BCUT2D eigenvalue weighted by atomic mass is 19.4. The predicted octanol–water partition coefficient (Wildman–Crippen LogP) is 5.55. The molecule has 0 aromatic carbocycles. The maximum Gasteiger partial charge on any atom is 0.461 e. The fourth-order valence-electron chi connectivity index (χ4n) is 2.50. The Labute approximate surface area is 225 Å². The molecule has 0 aliphatic rings. The zero-order chi connectivity index (χ0) is 32.4. The number of alkyl halides is 11. The number of amides is 1. The van der Waals surface area contributed by atoms with Gasteiger partial charge in [-0.05, 0) is 13.3 Å². The first-order valence-corrected chi connectivity index (χ1v) is 10.9. The zero-order valence-electron chi connectivity index (χ0n) is 21.2. The largest absolute Gasteiger partial charge is 0.490 e. The van der Waals surface area contributed by atoms with E-state index in [0.717, 1.165) is 6.92 Å². The molecule has 0 bridgehead atoms. The predicted molar refractivity (Wildman–Crippen MR) is 115 cm³/mol. The van der Waals surface area contributed by atoms with E-state index in [1.54, 1.807) is 0 Å². The molecule has 0 saturated carbocycles. The summed E-state index contributed by atoms with van der Waals surface area (Å²) in [5.74, 6) is -12.7. The monoisotopic (exact) mass is 623 g/mol. The number of esters is 2. The van der Waals surface area contributed by atoms with Crippen LogP contribution in [0.25, 0.3) is 0 Å². The molecule has 0 rings (SSSR count). The molecular weight excluding hydrogens is 599 g/mol. The van der Waals surface area contributed by atoms with E-state index in [1.165, 1.54) is 6.92 Å². The lowest BCUT2D eigenvalue weighted by molar-refractivity contribution is -0.283. The Hall–Kier alpha value is -3.54. The van der Waals surface area contributed by atoms with Crippen LogP contribution in [0.2, 0.25) is 0 Å². The third-order valence-electron chi connectivity index (χ3n) is 4.86. The van der Waals surface area contributed by atoms with Gasteiger partial charge in [0.1, 0.15) is 26.4 Å². The van der Waals surface area contributed by atoms with Gasteiger partial charge in [-0.3, -0.25) is 0 Å². The number of rotatable bonds is 14. The minimum absolute atomic E-state index is 0.0121. The molecule has 0 aromatic heterocycles. The number of hydrogen-bond acceptors (Lipinski definition) is 7. The van der Waals surface area contributed by atoms with Crippen LogP contribution in [-0.2, 0) is 28.5 Å². The van der Waals surface area contributed by atoms with Crippen molar-refractivity contribution < 1.29 is 81.6 Å². The van der Waals surface area contributed by atoms with E-state index in [9.17, 15) is 62.7 Å². The molecule has 41 heavy (non-hydrogen) atoms. The topological polar surface area (TPSA) is 100 Å². The molecule has 0 saturated heterocycles. The van der Waals surface area contributed by atoms with Crippen molar-refractivity contribution in [2.75, 3.05) is 33.0 Å². The van der Waals surface area contributed by atoms with Gasteiger partial charge >= 0.3 is 42.5 Å². The number of hydrogen-bond donors (Lipinski definition) is 1. The lowest BCUT2D eigenvalue weighted by Gasteiger charge is -2.34. The number of carbonyl (C=O) groups excluding carboxylic acids is 3. The fraction of sp³-hybridized carbons (Fsp3) is 0.591. The van der Waals surface area contributed by atoms with Gasteiger partial charge in [0.05, 0.1) is 12.0 Å². The number of ether oxygens (including phenoxy) is 4. The second-order valence-corrected chi connectivity index (χ2v) is 8.15. The molecule has 1 N–H and O–H groups in total. The highest BCUT2D eigenvalue weighted by molar-refractivity contribution is 5.86. The first-order valence-electron chi connectivity index (χ1n) is 10.9. The van der Waals surface area contributed by atoms with Gasteiger partial charge in [-0.1, -0.05) is 20.1 Å². The Bertz CT molecular complexity index is 985. The van der Waals surface area contributed by atoms with Gasteiger partial charge in [-0.15, -0.1) is 0 Å². The zero-order valence-corrected chi connectivity index (χ0v) is 21.2. The summed E-state index contributed by atoms with van der Waals surface area (Å²) in [7, 11) is 0. The molecular formula is C22H24F11NO7. The molecule has 1 atom stereocenters. The Kier molecular flexibility index (Phi) is 13.1. The van der Waals surface area contributed by atoms with Crippen molar-refractivity contribution in [1.29, 1.82) is 0 Å². The van der Waals surface area contributed by atoms with E-state index in [-0.39, 0.29) is 5.57 Å². The summed E-state index contributed by atoms with van der Waals surface area (Å²) in [4.78, 5) is 34.7. The molecule has 0 spiro atoms. The van der Waals surface area contributed by atoms with E-state index >= 15 is 0 Å². The average Bonchev–Trinajstić information content (AvgIpc) is 2.82. The van der Waals surface area contributed by atoms with Crippen LogP contribution in [0.1, 0.15) is 20.3 Å². The lowest BCUT2D eigenvalue weighted by atomic mass is 9.88. The van der Waals surface area contributed by atoms with Crippen LogP contribution >= 0.6 is 0 Å². The van der Waals surface area contributed by atoms with Gasteiger partial charge in [0.15, 0.2) is 11.3 Å². The van der Waals surface area contributed by atoms with Crippen LogP contribution in [-0.4, -0.2) is 75.5 Å². The van der Waals surface area contributed by atoms with Crippen molar-refractivity contribution in [3.8, 4) is 0 Å². The van der Waals surface area contributed by atoms with Crippen molar-refractivity contribution in [1.82, 2.24) is 5.32 Å². The molecule has 236 valence electrons. The Morgan fingerprint density at radius 2 is 1.29 bits per heavy atom. The number of allylic oxidation sites excluding steroid dienone is 2. The summed E-state index contributed by atoms with van der Waals surface area (Å²) < 4.78 is 163. The summed E-state index contributed by atoms with van der Waals surface area (Å²) in [5, 5.41) is 2.01. The van der Waals surface area contributed by atoms with Crippen LogP contribution in [0.5, 0.6) is 0 Å². The van der Waals surface area contributed by atoms with Crippen LogP contribution in [0.3, 0.4) is 0 Å². The first-order chi connectivity index (χ1) is 18.4. The summed E-state index contributed by atoms with van der Waals surface area (Å²) in [6.07, 6.45) is -22.0. The maximum absolute atomic E-state index is 14.0. The van der Waals surface area contributed by atoms with Crippen molar-refractivity contribution >= 4 is 18.0 Å². The van der Waals surface area contributed by atoms with Crippen molar-refractivity contribution in [2.45, 2.75) is 44.7 Å². The first kappa shape index (κ1) is 37.5. The van der Waals surface area contributed by atoms with Gasteiger partial charge in [0, 0.05) is 11.6 Å². The lowest BCUT2D eigenvalue weighted by Crippen LogP contribution is -2.46. The molecule has 0 heterocycles. The van der Waals surface area contributed by atoms with Gasteiger partial charge in [0.25, 0.3) is 0 Å². The second-order valence-electron chi connectivity index (χ2n) is 8.15. The molecule has 8 nitrogen and oxygen atoms in total. The molecule has 0 fully saturated rings. The number of nitrogens with one attached hydrogen (secondary N) is 1. The molecule has 19 heteroatoms. The van der Waals surface area contributed by atoms with E-state index in [1.807, 2.05) is 5.32 Å². The SMILES string of the molecule is C=CC(=O)OCC(CC)(COC(=O)NCCOC(=O)C(=C)C)COC(=C(C(F)(F)F)C(F)(F)F)C(F)(F)C(F)(F)F. The quantitative estimate of drug-likeness (QED) is 0.0677. The average molecular weight is 623 g/mol. The Balaban J connectivity index is 6.28. The molecule has 0 radical (unpaired) electrons. The van der Waals surface area contributed by atoms with E-state index in [2.05, 4.69) is 27.4 Å². The van der Waals surface area contributed by atoms with E-state index in [0.29, 0.717) is 6.08 Å². The highest BCUT2D eigenvalue weighted by Gasteiger charge is 2.68. The van der Waals surface area contributed by atoms with Crippen molar-refractivity contribution in [2.24, 2.45) is 5.41 Å². The fourth-order valence-corrected chi connectivity index (χ4v) is 2.50. The number of halogens is 11. The van der Waals surface area contributed by atoms with Crippen LogP contribution < -0.4 is 5.32 Å². The number of alkyl carbamates (subject to hydrolysis) is 1. The third kappa shape index (κ3) is 11.5. The smallest absolute Gasteiger partial charge is 0.461 e. The molecule has 0 aliphatic carbocycles. The minimum Gasteiger partial charge on any atom is -0.490 e. The molecule has 0 aliphatic heterocycles. The van der Waals surface area contributed by atoms with Crippen molar-refractivity contribution in [3.63, 3.8) is 0 Å². The van der Waals surface area contributed by atoms with Gasteiger partial charge in [-0.2, -0.15) is 48.3 Å². The van der Waals surface area contributed by atoms with Gasteiger partial charge in [0.2, 0.25) is 0 Å². The van der Waals surface area contributed by atoms with Crippen LogP contribution in [0.4, 0.5) is 53.1 Å². The van der Waals surface area contributed by atoms with Crippen LogP contribution in [0, 0.1) is 5.41 Å². The number of carbonyl (C=O) groups is 3. The molecule has 0 aromatic rings. The second kappa shape index (κ2) is 14.4.